The smallest absolute Gasteiger partial charge is 0.389 e. The van der Waals surface area contributed by atoms with Crippen molar-refractivity contribution >= 4 is 5.97 Å². The Morgan fingerprint density at radius 3 is 2.23 bits per heavy atom. The van der Waals surface area contributed by atoms with Crippen molar-refractivity contribution in [2.75, 3.05) is 6.61 Å². The molecule has 0 saturated carbocycles. The van der Waals surface area contributed by atoms with Crippen LogP contribution in [0.4, 0.5) is 13.2 Å². The lowest BCUT2D eigenvalue weighted by atomic mass is 9.84. The molecule has 0 radical (unpaired) electrons. The van der Waals surface area contributed by atoms with Gasteiger partial charge in [0.1, 0.15) is 5.60 Å². The van der Waals surface area contributed by atoms with Crippen molar-refractivity contribution in [3.8, 4) is 0 Å². The molecule has 2 unspecified atom stereocenters. The van der Waals surface area contributed by atoms with Gasteiger partial charge in [0.2, 0.25) is 0 Å². The first kappa shape index (κ1) is 21.2. The summed E-state index contributed by atoms with van der Waals surface area (Å²) in [6.07, 6.45) is -5.67. The van der Waals surface area contributed by atoms with E-state index in [4.69, 9.17) is 9.47 Å². The number of esters is 1. The maximum Gasteiger partial charge on any atom is 0.389 e. The molecule has 2 atom stereocenters. The van der Waals surface area contributed by atoms with E-state index < -0.39 is 24.5 Å². The van der Waals surface area contributed by atoms with E-state index in [9.17, 15) is 23.1 Å². The van der Waals surface area contributed by atoms with Crippen molar-refractivity contribution in [2.24, 2.45) is 5.92 Å². The van der Waals surface area contributed by atoms with Crippen LogP contribution < -0.4 is 0 Å². The van der Waals surface area contributed by atoms with Gasteiger partial charge in [-0.2, -0.15) is 13.2 Å². The van der Waals surface area contributed by atoms with Gasteiger partial charge in [0.05, 0.1) is 6.61 Å². The predicted molar refractivity (Wildman–Crippen MR) is 76.1 cm³/mol. The molecule has 0 aromatic heterocycles. The highest BCUT2D eigenvalue weighted by Gasteiger charge is 2.35. The van der Waals surface area contributed by atoms with E-state index in [0.717, 1.165) is 0 Å². The van der Waals surface area contributed by atoms with Gasteiger partial charge in [0.15, 0.2) is 6.29 Å². The highest BCUT2D eigenvalue weighted by atomic mass is 19.4. The second-order valence-corrected chi connectivity index (χ2v) is 5.75. The first-order chi connectivity index (χ1) is 10.0. The quantitative estimate of drug-likeness (QED) is 0.489. The second kappa shape index (κ2) is 9.35. The van der Waals surface area contributed by atoms with E-state index >= 15 is 0 Å². The number of hydrogen-bond acceptors (Lipinski definition) is 4. The largest absolute Gasteiger partial charge is 0.459 e. The third-order valence-corrected chi connectivity index (χ3v) is 3.74. The van der Waals surface area contributed by atoms with Gasteiger partial charge in [-0.1, -0.05) is 20.8 Å². The molecular formula is C15H27F3O4. The molecule has 132 valence electrons. The summed E-state index contributed by atoms with van der Waals surface area (Å²) in [5, 5.41) is 9.54. The van der Waals surface area contributed by atoms with Crippen molar-refractivity contribution in [3.63, 3.8) is 0 Å². The van der Waals surface area contributed by atoms with Crippen LogP contribution in [0.3, 0.4) is 0 Å². The molecule has 0 amide bonds. The van der Waals surface area contributed by atoms with Crippen LogP contribution in [0.1, 0.15) is 59.8 Å². The van der Waals surface area contributed by atoms with Crippen LogP contribution in [0, 0.1) is 5.92 Å². The summed E-state index contributed by atoms with van der Waals surface area (Å²) in [4.78, 5) is 11.2. The number of halogens is 3. The number of ether oxygens (including phenoxy) is 2. The molecule has 4 nitrogen and oxygen atoms in total. The van der Waals surface area contributed by atoms with Gasteiger partial charge in [-0.15, -0.1) is 0 Å². The zero-order chi connectivity index (χ0) is 17.4. The fourth-order valence-electron chi connectivity index (χ4n) is 2.33. The number of rotatable bonds is 10. The Morgan fingerprint density at radius 1 is 1.23 bits per heavy atom. The fourth-order valence-corrected chi connectivity index (χ4v) is 2.33. The Balaban J connectivity index is 4.24. The molecule has 0 fully saturated rings. The average Bonchev–Trinajstić information content (AvgIpc) is 2.35. The molecule has 7 heteroatoms. The highest BCUT2D eigenvalue weighted by molar-refractivity contribution is 5.66. The van der Waals surface area contributed by atoms with Gasteiger partial charge in [-0.3, -0.25) is 4.79 Å². The van der Waals surface area contributed by atoms with Crippen molar-refractivity contribution in [2.45, 2.75) is 77.9 Å². The molecule has 0 heterocycles. The Bertz CT molecular complexity index is 331. The number of hydrogen-bond donors (Lipinski definition) is 1. The third-order valence-electron chi connectivity index (χ3n) is 3.74. The molecule has 0 spiro atoms. The van der Waals surface area contributed by atoms with Gasteiger partial charge in [-0.05, 0) is 25.2 Å². The Labute approximate surface area is 130 Å². The molecule has 0 aromatic rings. The molecular weight excluding hydrogens is 301 g/mol. The van der Waals surface area contributed by atoms with Gasteiger partial charge < -0.3 is 14.6 Å². The minimum absolute atomic E-state index is 0.0624. The lowest BCUT2D eigenvalue weighted by molar-refractivity contribution is -0.171. The monoisotopic (exact) mass is 328 g/mol. The number of aliphatic hydroxyl groups excluding tert-OH is 1. The first-order valence-corrected chi connectivity index (χ1v) is 7.58. The molecule has 0 rings (SSSR count). The van der Waals surface area contributed by atoms with Crippen LogP contribution in [0.25, 0.3) is 0 Å². The summed E-state index contributed by atoms with van der Waals surface area (Å²) in [5.74, 6) is -0.325. The van der Waals surface area contributed by atoms with Gasteiger partial charge in [-0.25, -0.2) is 0 Å². The molecule has 0 aliphatic heterocycles. The van der Waals surface area contributed by atoms with Crippen LogP contribution in [0.2, 0.25) is 0 Å². The van der Waals surface area contributed by atoms with Gasteiger partial charge in [0.25, 0.3) is 0 Å². The van der Waals surface area contributed by atoms with E-state index in [1.165, 1.54) is 6.92 Å². The standard InChI is InChI=1S/C15H27F3O4/c1-5-14(11(2)3,22-12(4)19)9-10-21-13(20)7-6-8-15(16,17)18/h11,13,20H,5-10H2,1-4H3. The van der Waals surface area contributed by atoms with Crippen molar-refractivity contribution in [1.29, 1.82) is 0 Å². The van der Waals surface area contributed by atoms with E-state index in [0.29, 0.717) is 12.8 Å². The average molecular weight is 328 g/mol. The predicted octanol–water partition coefficient (Wildman–Crippen LogP) is 3.81. The van der Waals surface area contributed by atoms with E-state index in [1.54, 1.807) is 0 Å². The van der Waals surface area contributed by atoms with Gasteiger partial charge >= 0.3 is 12.1 Å². The number of carbonyl (C=O) groups is 1. The SMILES string of the molecule is CCC(CCOC(O)CCCC(F)(F)F)(OC(C)=O)C(C)C. The number of carbonyl (C=O) groups excluding carboxylic acids is 1. The first-order valence-electron chi connectivity index (χ1n) is 7.58. The van der Waals surface area contributed by atoms with E-state index in [1.807, 2.05) is 20.8 Å². The van der Waals surface area contributed by atoms with Crippen LogP contribution in [0.15, 0.2) is 0 Å². The van der Waals surface area contributed by atoms with Crippen LogP contribution >= 0.6 is 0 Å². The Morgan fingerprint density at radius 2 is 1.82 bits per heavy atom. The van der Waals surface area contributed by atoms with Crippen LogP contribution in [-0.2, 0) is 14.3 Å². The topological polar surface area (TPSA) is 55.8 Å². The Kier molecular flexibility index (Phi) is 9.00. The lowest BCUT2D eigenvalue weighted by Crippen LogP contribution is -2.40. The zero-order valence-corrected chi connectivity index (χ0v) is 13.7. The highest BCUT2D eigenvalue weighted by Crippen LogP contribution is 2.30. The minimum atomic E-state index is -4.22. The van der Waals surface area contributed by atoms with Crippen LogP contribution in [-0.4, -0.2) is 35.8 Å². The molecule has 22 heavy (non-hydrogen) atoms. The minimum Gasteiger partial charge on any atom is -0.459 e. The lowest BCUT2D eigenvalue weighted by Gasteiger charge is -2.36. The molecule has 1 N–H and O–H groups in total. The normalized spacial score (nSPS) is 16.4. The summed E-state index contributed by atoms with van der Waals surface area (Å²) < 4.78 is 46.5. The number of aliphatic hydroxyl groups is 1. The number of alkyl halides is 3. The second-order valence-electron chi connectivity index (χ2n) is 5.75. The molecule has 0 aliphatic carbocycles. The maximum atomic E-state index is 12.0. The van der Waals surface area contributed by atoms with Crippen molar-refractivity contribution in [3.05, 3.63) is 0 Å². The fraction of sp³-hybridized carbons (Fsp3) is 0.933. The summed E-state index contributed by atoms with van der Waals surface area (Å²) in [5.41, 5.74) is -0.683. The van der Waals surface area contributed by atoms with Crippen LogP contribution in [0.5, 0.6) is 0 Å². The maximum absolute atomic E-state index is 12.0. The zero-order valence-electron chi connectivity index (χ0n) is 13.7. The van der Waals surface area contributed by atoms with Gasteiger partial charge in [0, 0.05) is 19.8 Å². The summed E-state index contributed by atoms with van der Waals surface area (Å²) in [7, 11) is 0. The van der Waals surface area contributed by atoms with E-state index in [-0.39, 0.29) is 31.3 Å². The molecule has 0 bridgehead atoms. The van der Waals surface area contributed by atoms with Crippen molar-refractivity contribution in [1.82, 2.24) is 0 Å². The third kappa shape index (κ3) is 8.58. The summed E-state index contributed by atoms with van der Waals surface area (Å²) >= 11 is 0. The molecule has 0 aliphatic rings. The molecule has 0 saturated heterocycles. The van der Waals surface area contributed by atoms with Crippen molar-refractivity contribution < 1.29 is 32.5 Å². The summed E-state index contributed by atoms with van der Waals surface area (Å²) in [6.45, 7) is 7.19. The Hall–Kier alpha value is -0.820. The summed E-state index contributed by atoms with van der Waals surface area (Å²) in [6, 6.07) is 0. The van der Waals surface area contributed by atoms with E-state index in [2.05, 4.69) is 0 Å². The molecule has 0 aromatic carbocycles.